The summed E-state index contributed by atoms with van der Waals surface area (Å²) in [5.74, 6) is 0.148. The summed E-state index contributed by atoms with van der Waals surface area (Å²) in [6, 6.07) is 30.0. The van der Waals surface area contributed by atoms with E-state index in [9.17, 15) is 18.9 Å². The highest BCUT2D eigenvalue weighted by Gasteiger charge is 2.23. The van der Waals surface area contributed by atoms with E-state index < -0.39 is 28.7 Å². The summed E-state index contributed by atoms with van der Waals surface area (Å²) in [6.07, 6.45) is 3.06. The third-order valence-electron chi connectivity index (χ3n) is 6.69. The third kappa shape index (κ3) is 7.67. The molecule has 1 amide bonds. The van der Waals surface area contributed by atoms with Gasteiger partial charge in [-0.05, 0) is 78.3 Å². The number of carboxylic acids is 1. The topological polar surface area (TPSA) is 92.7 Å². The summed E-state index contributed by atoms with van der Waals surface area (Å²) in [7, 11) is -1.16. The van der Waals surface area contributed by atoms with Gasteiger partial charge in [-0.2, -0.15) is 0 Å². The Hall–Kier alpha value is -4.23. The van der Waals surface area contributed by atoms with Crippen LogP contribution >= 0.6 is 0 Å². The molecule has 0 aliphatic carbocycles. The van der Waals surface area contributed by atoms with E-state index >= 15 is 0 Å². The summed E-state index contributed by atoms with van der Waals surface area (Å²) in [5.41, 5.74) is 5.17. The average molecular weight is 556 g/mol. The van der Waals surface area contributed by atoms with Crippen molar-refractivity contribution in [1.29, 1.82) is 0 Å². The summed E-state index contributed by atoms with van der Waals surface area (Å²) >= 11 is 0. The molecule has 0 aromatic heterocycles. The number of hydrogen-bond donors (Lipinski definition) is 2. The fourth-order valence-corrected chi connectivity index (χ4v) is 5.09. The van der Waals surface area contributed by atoms with E-state index in [4.69, 9.17) is 4.74 Å². The molecule has 206 valence electrons. The van der Waals surface area contributed by atoms with Crippen molar-refractivity contribution in [3.8, 4) is 22.6 Å². The Bertz CT molecular complexity index is 1500. The van der Waals surface area contributed by atoms with E-state index in [1.54, 1.807) is 6.07 Å². The summed E-state index contributed by atoms with van der Waals surface area (Å²) in [6.45, 7) is 1.98. The van der Waals surface area contributed by atoms with Gasteiger partial charge in [0.25, 0.3) is 5.91 Å². The second-order valence-corrected chi connectivity index (χ2v) is 11.2. The first-order valence-corrected chi connectivity index (χ1v) is 14.9. The second kappa shape index (κ2) is 13.7. The van der Waals surface area contributed by atoms with E-state index in [1.807, 2.05) is 91.9 Å². The average Bonchev–Trinajstić information content (AvgIpc) is 2.95. The minimum atomic E-state index is -1.16. The predicted octanol–water partition coefficient (Wildman–Crippen LogP) is 6.19. The highest BCUT2D eigenvalue weighted by atomic mass is 32.2. The van der Waals surface area contributed by atoms with Gasteiger partial charge in [0.2, 0.25) is 0 Å². The molecule has 0 heterocycles. The molecule has 2 atom stereocenters. The van der Waals surface area contributed by atoms with Gasteiger partial charge in [-0.1, -0.05) is 72.8 Å². The lowest BCUT2D eigenvalue weighted by Crippen LogP contribution is -2.41. The molecule has 0 fully saturated rings. The van der Waals surface area contributed by atoms with E-state index in [1.165, 1.54) is 6.26 Å². The van der Waals surface area contributed by atoms with Gasteiger partial charge in [-0.3, -0.25) is 9.00 Å². The van der Waals surface area contributed by atoms with Crippen LogP contribution in [-0.4, -0.2) is 39.2 Å². The van der Waals surface area contributed by atoms with Crippen LogP contribution in [0.1, 0.15) is 33.5 Å². The minimum absolute atomic E-state index is 0.0897. The highest BCUT2D eigenvalue weighted by Crippen LogP contribution is 2.30. The molecule has 2 N–H and O–H groups in total. The number of carbonyl (C=O) groups excluding carboxylic acids is 1. The van der Waals surface area contributed by atoms with Gasteiger partial charge in [-0.25, -0.2) is 4.79 Å². The Morgan fingerprint density at radius 3 is 2.30 bits per heavy atom. The van der Waals surface area contributed by atoms with Crippen LogP contribution in [-0.2, 0) is 28.4 Å². The van der Waals surface area contributed by atoms with E-state index in [2.05, 4.69) is 11.4 Å². The Balaban J connectivity index is 1.60. The minimum Gasteiger partial charge on any atom is -0.480 e. The standard InChI is InChI=1S/C33H33NO5S/c1-23-10-6-8-14-27(23)29-22-24(17-19-28(29)32(35)34-30(33(36)37)20-21-40(2)38)16-18-25-11-7-9-15-31(25)39-26-12-4-3-5-13-26/h3-15,17,19,22,30H,16,18,20-21H2,1-2H3,(H,34,35)(H,36,37). The summed E-state index contributed by atoms with van der Waals surface area (Å²) < 4.78 is 17.6. The lowest BCUT2D eigenvalue weighted by atomic mass is 9.92. The van der Waals surface area contributed by atoms with Crippen molar-refractivity contribution in [3.63, 3.8) is 0 Å². The van der Waals surface area contributed by atoms with Crippen molar-refractivity contribution < 1.29 is 23.6 Å². The fourth-order valence-electron chi connectivity index (χ4n) is 4.52. The summed E-state index contributed by atoms with van der Waals surface area (Å²) in [4.78, 5) is 25.1. The van der Waals surface area contributed by atoms with Crippen LogP contribution in [0.2, 0.25) is 0 Å². The van der Waals surface area contributed by atoms with Gasteiger partial charge in [0.15, 0.2) is 0 Å². The lowest BCUT2D eigenvalue weighted by Gasteiger charge is -2.18. The number of aliphatic carboxylic acids is 1. The van der Waals surface area contributed by atoms with Crippen molar-refractivity contribution in [3.05, 3.63) is 119 Å². The molecule has 0 saturated heterocycles. The number of carbonyl (C=O) groups is 2. The molecular formula is C33H33NO5S. The van der Waals surface area contributed by atoms with E-state index in [-0.39, 0.29) is 12.2 Å². The molecule has 6 nitrogen and oxygen atoms in total. The first kappa shape index (κ1) is 28.8. The maximum Gasteiger partial charge on any atom is 0.326 e. The van der Waals surface area contributed by atoms with Crippen molar-refractivity contribution in [2.75, 3.05) is 12.0 Å². The quantitative estimate of drug-likeness (QED) is 0.217. The largest absolute Gasteiger partial charge is 0.480 e. The highest BCUT2D eigenvalue weighted by molar-refractivity contribution is 7.84. The zero-order valence-corrected chi connectivity index (χ0v) is 23.4. The lowest BCUT2D eigenvalue weighted by molar-refractivity contribution is -0.139. The molecule has 0 aliphatic heterocycles. The first-order chi connectivity index (χ1) is 19.3. The fraction of sp³-hybridized carbons (Fsp3) is 0.212. The van der Waals surface area contributed by atoms with Gasteiger partial charge in [-0.15, -0.1) is 0 Å². The predicted molar refractivity (Wildman–Crippen MR) is 159 cm³/mol. The number of carboxylic acid groups (broad SMARTS) is 1. The molecule has 0 aliphatic rings. The third-order valence-corrected chi connectivity index (χ3v) is 7.50. The smallest absolute Gasteiger partial charge is 0.326 e. The van der Waals surface area contributed by atoms with Gasteiger partial charge < -0.3 is 15.2 Å². The molecule has 0 radical (unpaired) electrons. The maximum atomic E-state index is 13.4. The zero-order valence-electron chi connectivity index (χ0n) is 22.6. The molecule has 0 bridgehead atoms. The molecule has 40 heavy (non-hydrogen) atoms. The molecular weight excluding hydrogens is 522 g/mol. The van der Waals surface area contributed by atoms with Crippen LogP contribution in [0.3, 0.4) is 0 Å². The van der Waals surface area contributed by atoms with Crippen molar-refractivity contribution in [1.82, 2.24) is 5.32 Å². The van der Waals surface area contributed by atoms with Gasteiger partial charge in [0, 0.05) is 28.4 Å². The molecule has 0 saturated carbocycles. The number of benzene rings is 4. The van der Waals surface area contributed by atoms with Crippen LogP contribution < -0.4 is 10.1 Å². The Morgan fingerprint density at radius 1 is 0.875 bits per heavy atom. The summed E-state index contributed by atoms with van der Waals surface area (Å²) in [5, 5.41) is 12.3. The van der Waals surface area contributed by atoms with Gasteiger partial charge in [0.1, 0.15) is 17.5 Å². The van der Waals surface area contributed by atoms with Gasteiger partial charge in [0.05, 0.1) is 0 Å². The number of aryl methyl sites for hydroxylation is 3. The second-order valence-electron chi connectivity index (χ2n) is 9.65. The van der Waals surface area contributed by atoms with Crippen molar-refractivity contribution >= 4 is 22.7 Å². The molecule has 2 unspecified atom stereocenters. The maximum absolute atomic E-state index is 13.4. The van der Waals surface area contributed by atoms with Gasteiger partial charge >= 0.3 is 5.97 Å². The van der Waals surface area contributed by atoms with Crippen LogP contribution in [0.25, 0.3) is 11.1 Å². The van der Waals surface area contributed by atoms with Crippen molar-refractivity contribution in [2.24, 2.45) is 0 Å². The number of hydrogen-bond acceptors (Lipinski definition) is 4. The van der Waals surface area contributed by atoms with E-state index in [0.29, 0.717) is 5.56 Å². The monoisotopic (exact) mass is 555 g/mol. The van der Waals surface area contributed by atoms with Crippen molar-refractivity contribution in [2.45, 2.75) is 32.2 Å². The van der Waals surface area contributed by atoms with Crippen LogP contribution in [0.4, 0.5) is 0 Å². The Labute approximate surface area is 237 Å². The molecule has 4 aromatic rings. The number of ether oxygens (including phenoxy) is 1. The molecule has 4 rings (SSSR count). The van der Waals surface area contributed by atoms with Crippen LogP contribution in [0.5, 0.6) is 11.5 Å². The van der Waals surface area contributed by atoms with E-state index in [0.717, 1.165) is 52.2 Å². The number of para-hydroxylation sites is 2. The molecule has 4 aromatic carbocycles. The number of nitrogens with one attached hydrogen (secondary N) is 1. The van der Waals surface area contributed by atoms with Crippen LogP contribution in [0, 0.1) is 6.92 Å². The first-order valence-electron chi connectivity index (χ1n) is 13.1. The SMILES string of the molecule is Cc1ccccc1-c1cc(CCc2ccccc2Oc2ccccc2)ccc1C(=O)NC(CCS(C)=O)C(=O)O. The normalized spacial score (nSPS) is 12.3. The Morgan fingerprint density at radius 2 is 1.57 bits per heavy atom. The molecule has 0 spiro atoms. The zero-order chi connectivity index (χ0) is 28.5. The Kier molecular flexibility index (Phi) is 9.86. The number of amides is 1. The number of rotatable bonds is 12. The van der Waals surface area contributed by atoms with Crippen LogP contribution in [0.15, 0.2) is 97.1 Å². The molecule has 7 heteroatoms.